The van der Waals surface area contributed by atoms with Crippen molar-refractivity contribution in [3.05, 3.63) is 64.7 Å². The number of carbonyl (C=O) groups excluding carboxylic acids is 1. The van der Waals surface area contributed by atoms with Crippen LogP contribution < -0.4 is 10.2 Å². The third kappa shape index (κ3) is 2.82. The number of hydrogen-bond donors (Lipinski definition) is 1. The SMILES string of the molecule is CNCc1cc2c(c(C(F)(F)F)c1)CN(c1ccccc1)C2=O. The summed E-state index contributed by atoms with van der Waals surface area (Å²) in [6.07, 6.45) is -4.49. The number of alkyl halides is 3. The van der Waals surface area contributed by atoms with E-state index in [0.29, 0.717) is 11.3 Å². The smallest absolute Gasteiger partial charge is 0.316 e. The van der Waals surface area contributed by atoms with Gasteiger partial charge in [-0.1, -0.05) is 18.2 Å². The summed E-state index contributed by atoms with van der Waals surface area (Å²) >= 11 is 0. The molecule has 1 aliphatic rings. The van der Waals surface area contributed by atoms with Crippen LogP contribution >= 0.6 is 0 Å². The van der Waals surface area contributed by atoms with Crippen molar-refractivity contribution in [3.8, 4) is 0 Å². The van der Waals surface area contributed by atoms with Gasteiger partial charge < -0.3 is 10.2 Å². The number of amides is 1. The standard InChI is InChI=1S/C17H15F3N2O/c1-21-9-11-7-13-14(15(8-11)17(18,19)20)10-22(16(13)23)12-5-3-2-4-6-12/h2-8,21H,9-10H2,1H3. The molecule has 0 saturated carbocycles. The van der Waals surface area contributed by atoms with Gasteiger partial charge in [0.1, 0.15) is 0 Å². The van der Waals surface area contributed by atoms with E-state index in [1.165, 1.54) is 4.90 Å². The predicted octanol–water partition coefficient (Wildman–Crippen LogP) is 3.59. The molecule has 1 aliphatic heterocycles. The fourth-order valence-corrected chi connectivity index (χ4v) is 2.84. The van der Waals surface area contributed by atoms with Crippen molar-refractivity contribution in [1.29, 1.82) is 0 Å². The van der Waals surface area contributed by atoms with Gasteiger partial charge in [0.05, 0.1) is 12.1 Å². The van der Waals surface area contributed by atoms with Gasteiger partial charge in [-0.2, -0.15) is 13.2 Å². The first-order chi connectivity index (χ1) is 10.9. The Kier molecular flexibility index (Phi) is 3.85. The number of halogens is 3. The maximum atomic E-state index is 13.4. The van der Waals surface area contributed by atoms with E-state index in [2.05, 4.69) is 5.32 Å². The lowest BCUT2D eigenvalue weighted by atomic mass is 9.99. The molecule has 3 rings (SSSR count). The fraction of sp³-hybridized carbons (Fsp3) is 0.235. The monoisotopic (exact) mass is 320 g/mol. The molecule has 0 fully saturated rings. The van der Waals surface area contributed by atoms with Crippen LogP contribution in [0.1, 0.15) is 27.0 Å². The van der Waals surface area contributed by atoms with E-state index in [4.69, 9.17) is 0 Å². The molecule has 0 unspecified atom stereocenters. The van der Waals surface area contributed by atoms with Crippen LogP contribution in [0.3, 0.4) is 0 Å². The largest absolute Gasteiger partial charge is 0.416 e. The van der Waals surface area contributed by atoms with Crippen LogP contribution in [-0.2, 0) is 19.3 Å². The molecule has 3 nitrogen and oxygen atoms in total. The molecule has 0 radical (unpaired) electrons. The van der Waals surface area contributed by atoms with Gasteiger partial charge in [-0.25, -0.2) is 0 Å². The lowest BCUT2D eigenvalue weighted by Gasteiger charge is -2.16. The van der Waals surface area contributed by atoms with Crippen molar-refractivity contribution in [2.24, 2.45) is 0 Å². The molecule has 1 N–H and O–H groups in total. The van der Waals surface area contributed by atoms with Gasteiger partial charge in [-0.15, -0.1) is 0 Å². The van der Waals surface area contributed by atoms with Crippen LogP contribution in [-0.4, -0.2) is 13.0 Å². The van der Waals surface area contributed by atoms with E-state index < -0.39 is 17.6 Å². The highest BCUT2D eigenvalue weighted by Gasteiger charge is 2.40. The summed E-state index contributed by atoms with van der Waals surface area (Å²) in [7, 11) is 1.65. The van der Waals surface area contributed by atoms with Crippen molar-refractivity contribution in [3.63, 3.8) is 0 Å². The summed E-state index contributed by atoms with van der Waals surface area (Å²) in [6, 6.07) is 11.4. The van der Waals surface area contributed by atoms with E-state index in [9.17, 15) is 18.0 Å². The molecule has 0 spiro atoms. The maximum Gasteiger partial charge on any atom is 0.416 e. The molecule has 0 aliphatic carbocycles. The minimum Gasteiger partial charge on any atom is -0.316 e. The summed E-state index contributed by atoms with van der Waals surface area (Å²) in [5, 5.41) is 2.82. The molecule has 23 heavy (non-hydrogen) atoms. The molecule has 0 saturated heterocycles. The lowest BCUT2D eigenvalue weighted by molar-refractivity contribution is -0.138. The third-order valence-corrected chi connectivity index (χ3v) is 3.86. The first-order valence-corrected chi connectivity index (χ1v) is 7.16. The number of hydrogen-bond acceptors (Lipinski definition) is 2. The van der Waals surface area contributed by atoms with Crippen LogP contribution in [0.4, 0.5) is 18.9 Å². The Labute approximate surface area is 131 Å². The molecular formula is C17H15F3N2O. The zero-order valence-electron chi connectivity index (χ0n) is 12.4. The predicted molar refractivity (Wildman–Crippen MR) is 81.2 cm³/mol. The Hall–Kier alpha value is -2.34. The second-order valence-corrected chi connectivity index (χ2v) is 5.42. The number of para-hydroxylation sites is 1. The molecule has 0 aromatic heterocycles. The average molecular weight is 320 g/mol. The molecule has 1 heterocycles. The number of benzene rings is 2. The summed E-state index contributed by atoms with van der Waals surface area (Å²) < 4.78 is 40.1. The topological polar surface area (TPSA) is 32.3 Å². The number of anilines is 1. The molecule has 120 valence electrons. The van der Waals surface area contributed by atoms with Crippen LogP contribution in [0.25, 0.3) is 0 Å². The second-order valence-electron chi connectivity index (χ2n) is 5.42. The van der Waals surface area contributed by atoms with Crippen molar-refractivity contribution < 1.29 is 18.0 Å². The van der Waals surface area contributed by atoms with E-state index >= 15 is 0 Å². The van der Waals surface area contributed by atoms with Gasteiger partial charge in [-0.05, 0) is 42.4 Å². The van der Waals surface area contributed by atoms with Crippen LogP contribution in [0, 0.1) is 0 Å². The lowest BCUT2D eigenvalue weighted by Crippen LogP contribution is -2.22. The second kappa shape index (κ2) is 5.70. The van der Waals surface area contributed by atoms with Crippen LogP contribution in [0.15, 0.2) is 42.5 Å². The molecule has 6 heteroatoms. The number of fused-ring (bicyclic) bond motifs is 1. The van der Waals surface area contributed by atoms with Crippen molar-refractivity contribution in [2.75, 3.05) is 11.9 Å². The first-order valence-electron chi connectivity index (χ1n) is 7.16. The van der Waals surface area contributed by atoms with E-state index in [1.807, 2.05) is 0 Å². The van der Waals surface area contributed by atoms with Gasteiger partial charge in [0, 0.05) is 17.8 Å². The quantitative estimate of drug-likeness (QED) is 0.937. The maximum absolute atomic E-state index is 13.4. The average Bonchev–Trinajstić information content (AvgIpc) is 2.84. The zero-order chi connectivity index (χ0) is 16.6. The third-order valence-electron chi connectivity index (χ3n) is 3.86. The minimum atomic E-state index is -4.49. The molecule has 0 atom stereocenters. The van der Waals surface area contributed by atoms with Gasteiger partial charge in [0.25, 0.3) is 5.91 Å². The van der Waals surface area contributed by atoms with E-state index in [0.717, 1.165) is 6.07 Å². The molecule has 2 aromatic carbocycles. The highest BCUT2D eigenvalue weighted by molar-refractivity contribution is 6.10. The fourth-order valence-electron chi connectivity index (χ4n) is 2.84. The zero-order valence-corrected chi connectivity index (χ0v) is 12.4. The summed E-state index contributed by atoms with van der Waals surface area (Å²) in [5.41, 5.74) is 0.492. The highest BCUT2D eigenvalue weighted by atomic mass is 19.4. The number of nitrogens with zero attached hydrogens (tertiary/aromatic N) is 1. The number of carbonyl (C=O) groups is 1. The number of nitrogens with one attached hydrogen (secondary N) is 1. The van der Waals surface area contributed by atoms with Crippen molar-refractivity contribution >= 4 is 11.6 Å². The Balaban J connectivity index is 2.10. The van der Waals surface area contributed by atoms with E-state index in [1.54, 1.807) is 43.4 Å². The van der Waals surface area contributed by atoms with E-state index in [-0.39, 0.29) is 24.2 Å². The summed E-state index contributed by atoms with van der Waals surface area (Å²) in [6.45, 7) is 0.210. The molecular weight excluding hydrogens is 305 g/mol. The normalized spacial score (nSPS) is 14.3. The Morgan fingerprint density at radius 1 is 1.17 bits per heavy atom. The summed E-state index contributed by atoms with van der Waals surface area (Å²) in [5.74, 6) is -0.394. The minimum absolute atomic E-state index is 0.0474. The van der Waals surface area contributed by atoms with Gasteiger partial charge in [-0.3, -0.25) is 4.79 Å². The van der Waals surface area contributed by atoms with Crippen LogP contribution in [0.5, 0.6) is 0 Å². The number of rotatable bonds is 3. The Morgan fingerprint density at radius 2 is 1.87 bits per heavy atom. The van der Waals surface area contributed by atoms with Gasteiger partial charge in [0.15, 0.2) is 0 Å². The first kappa shape index (κ1) is 15.6. The Bertz CT molecular complexity index is 741. The van der Waals surface area contributed by atoms with Crippen LogP contribution in [0.2, 0.25) is 0 Å². The van der Waals surface area contributed by atoms with Gasteiger partial charge in [0.2, 0.25) is 0 Å². The Morgan fingerprint density at radius 3 is 2.48 bits per heavy atom. The molecule has 0 bridgehead atoms. The molecule has 2 aromatic rings. The molecule has 1 amide bonds. The van der Waals surface area contributed by atoms with Gasteiger partial charge >= 0.3 is 6.18 Å². The van der Waals surface area contributed by atoms with Crippen molar-refractivity contribution in [1.82, 2.24) is 5.32 Å². The van der Waals surface area contributed by atoms with Crippen molar-refractivity contribution in [2.45, 2.75) is 19.3 Å². The summed E-state index contributed by atoms with van der Waals surface area (Å²) in [4.78, 5) is 13.9. The highest BCUT2D eigenvalue weighted by Crippen LogP contribution is 2.39.